The minimum Gasteiger partial charge on any atom is -0.544 e. The van der Waals surface area contributed by atoms with Crippen LogP contribution in [0.25, 0.3) is 0 Å². The molecule has 124 valence electrons. The van der Waals surface area contributed by atoms with E-state index in [-0.39, 0.29) is 0 Å². The lowest BCUT2D eigenvalue weighted by Gasteiger charge is -2.23. The van der Waals surface area contributed by atoms with Crippen LogP contribution >= 0.6 is 0 Å². The molecule has 0 aliphatic heterocycles. The molecule has 0 spiro atoms. The van der Waals surface area contributed by atoms with E-state index in [2.05, 4.69) is 39.3 Å². The van der Waals surface area contributed by atoms with E-state index in [4.69, 9.17) is 18.0 Å². The Labute approximate surface area is 136 Å². The summed E-state index contributed by atoms with van der Waals surface area (Å²) in [6.07, 6.45) is 6.18. The third-order valence-corrected chi connectivity index (χ3v) is 4.04. The number of furan rings is 1. The van der Waals surface area contributed by atoms with Crippen LogP contribution in [-0.2, 0) is 20.0 Å². The topological polar surface area (TPSA) is 40.8 Å². The van der Waals surface area contributed by atoms with Gasteiger partial charge in [0.25, 0.3) is 5.95 Å². The van der Waals surface area contributed by atoms with Gasteiger partial charge in [0, 0.05) is 6.42 Å². The van der Waals surface area contributed by atoms with E-state index >= 15 is 0 Å². The lowest BCUT2D eigenvalue weighted by atomic mass is 10.3. The predicted octanol–water partition coefficient (Wildman–Crippen LogP) is 4.90. The molecule has 0 aromatic carbocycles. The lowest BCUT2D eigenvalue weighted by molar-refractivity contribution is 0.145. The van der Waals surface area contributed by atoms with Crippen LogP contribution in [0.3, 0.4) is 0 Å². The molecule has 0 aliphatic carbocycles. The second kappa shape index (κ2) is 7.73. The van der Waals surface area contributed by atoms with Gasteiger partial charge in [0.2, 0.25) is 16.6 Å². The second-order valence-electron chi connectivity index (χ2n) is 6.99. The highest BCUT2D eigenvalue weighted by atomic mass is 28.4. The van der Waals surface area contributed by atoms with Gasteiger partial charge in [-0.25, -0.2) is 0 Å². The maximum Gasteiger partial charge on any atom is 0.268 e. The van der Waals surface area contributed by atoms with Crippen LogP contribution in [0.4, 0.5) is 0 Å². The average molecular weight is 341 g/mol. The van der Waals surface area contributed by atoms with Gasteiger partial charge >= 0.3 is 0 Å². The minimum atomic E-state index is -1.73. The Hall–Kier alpha value is -1.41. The summed E-state index contributed by atoms with van der Waals surface area (Å²) < 4.78 is 22.8. The van der Waals surface area contributed by atoms with E-state index in [0.717, 1.165) is 11.5 Å². The molecule has 0 amide bonds. The molecule has 0 saturated heterocycles. The molecule has 0 bridgehead atoms. The molecule has 6 heteroatoms. The average Bonchev–Trinajstić information content (AvgIpc) is 2.84. The van der Waals surface area contributed by atoms with Crippen LogP contribution < -0.4 is 0 Å². The van der Waals surface area contributed by atoms with Gasteiger partial charge in [0.1, 0.15) is 11.5 Å². The number of hydrogen-bond acceptors (Lipinski definition) is 4. The highest BCUT2D eigenvalue weighted by molar-refractivity contribution is 6.70. The molecule has 1 rings (SSSR count). The van der Waals surface area contributed by atoms with Crippen LogP contribution in [-0.4, -0.2) is 23.7 Å². The summed E-state index contributed by atoms with van der Waals surface area (Å²) in [6, 6.07) is 3.83. The lowest BCUT2D eigenvalue weighted by Crippen LogP contribution is -2.27. The zero-order valence-electron chi connectivity index (χ0n) is 14.7. The largest absolute Gasteiger partial charge is 0.544 e. The summed E-state index contributed by atoms with van der Waals surface area (Å²) in [5.74, 6) is 2.17. The Morgan fingerprint density at radius 2 is 1.73 bits per heavy atom. The normalized spacial score (nSPS) is 14.0. The number of rotatable bonds is 8. The molecular weight excluding hydrogens is 312 g/mol. The molecule has 0 N–H and O–H groups in total. The molecular formula is C16H28O4Si2. The molecule has 1 aromatic rings. The smallest absolute Gasteiger partial charge is 0.268 e. The first kappa shape index (κ1) is 18.6. The van der Waals surface area contributed by atoms with Crippen molar-refractivity contribution in [3.05, 3.63) is 48.0 Å². The van der Waals surface area contributed by atoms with Gasteiger partial charge < -0.3 is 18.0 Å². The number of methoxy groups -OCH3 is 1. The van der Waals surface area contributed by atoms with Crippen LogP contribution in [0.5, 0.6) is 0 Å². The van der Waals surface area contributed by atoms with Gasteiger partial charge in [-0.3, -0.25) is 0 Å². The summed E-state index contributed by atoms with van der Waals surface area (Å²) in [5.41, 5.74) is 0. The van der Waals surface area contributed by atoms with Crippen molar-refractivity contribution in [3.8, 4) is 0 Å². The third-order valence-electron chi connectivity index (χ3n) is 2.38. The van der Waals surface area contributed by atoms with Gasteiger partial charge in [-0.1, -0.05) is 0 Å². The fraction of sp³-hybridized carbons (Fsp3) is 0.500. The number of allylic oxidation sites excluding steroid dienone is 2. The summed E-state index contributed by atoms with van der Waals surface area (Å²) in [6.45, 7) is 12.8. The predicted molar refractivity (Wildman–Crippen MR) is 94.4 cm³/mol. The quantitative estimate of drug-likeness (QED) is 0.383. The molecule has 1 heterocycles. The van der Waals surface area contributed by atoms with Crippen molar-refractivity contribution in [1.82, 2.24) is 0 Å². The van der Waals surface area contributed by atoms with E-state index in [1.165, 1.54) is 0 Å². The number of ether oxygens (including phenoxy) is 1. The van der Waals surface area contributed by atoms with Crippen LogP contribution in [0.1, 0.15) is 5.76 Å². The maximum atomic E-state index is 6.12. The standard InChI is InChI=1S/C16H28O4Si2/c1-17-16(20-22(5,6)7)13-15(19-21(2,3)4)11-10-14-9-8-12-18-14/h8-9,11-13H,10H2,1-7H3/b15-11+,16-13-. The first-order chi connectivity index (χ1) is 10.1. The Morgan fingerprint density at radius 1 is 1.09 bits per heavy atom. The van der Waals surface area contributed by atoms with Crippen LogP contribution in [0.15, 0.2) is 46.7 Å². The summed E-state index contributed by atoms with van der Waals surface area (Å²) in [4.78, 5) is 0. The Balaban J connectivity index is 2.95. The van der Waals surface area contributed by atoms with E-state index in [1.807, 2.05) is 24.3 Å². The highest BCUT2D eigenvalue weighted by Gasteiger charge is 2.21. The Kier molecular flexibility index (Phi) is 6.55. The molecule has 0 radical (unpaired) electrons. The van der Waals surface area contributed by atoms with Crippen LogP contribution in [0, 0.1) is 0 Å². The molecule has 0 saturated carbocycles. The summed E-state index contributed by atoms with van der Waals surface area (Å²) in [7, 11) is -1.83. The van der Waals surface area contributed by atoms with E-state index in [1.54, 1.807) is 13.4 Å². The zero-order valence-corrected chi connectivity index (χ0v) is 16.7. The van der Waals surface area contributed by atoms with Gasteiger partial charge in [-0.05, 0) is 57.5 Å². The molecule has 1 aromatic heterocycles. The first-order valence-corrected chi connectivity index (χ1v) is 14.3. The Morgan fingerprint density at radius 3 is 2.18 bits per heavy atom. The first-order valence-electron chi connectivity index (χ1n) is 7.45. The van der Waals surface area contributed by atoms with E-state index < -0.39 is 16.6 Å². The summed E-state index contributed by atoms with van der Waals surface area (Å²) in [5, 5.41) is 0. The molecule has 4 nitrogen and oxygen atoms in total. The van der Waals surface area contributed by atoms with E-state index in [9.17, 15) is 0 Å². The summed E-state index contributed by atoms with van der Waals surface area (Å²) >= 11 is 0. The maximum absolute atomic E-state index is 6.12. The van der Waals surface area contributed by atoms with Crippen molar-refractivity contribution >= 4 is 16.6 Å². The van der Waals surface area contributed by atoms with Gasteiger partial charge in [-0.2, -0.15) is 0 Å². The van der Waals surface area contributed by atoms with Crippen molar-refractivity contribution in [2.45, 2.75) is 45.7 Å². The van der Waals surface area contributed by atoms with Crippen LogP contribution in [0.2, 0.25) is 39.3 Å². The van der Waals surface area contributed by atoms with Crippen molar-refractivity contribution < 1.29 is 18.0 Å². The fourth-order valence-electron chi connectivity index (χ4n) is 1.66. The van der Waals surface area contributed by atoms with Gasteiger partial charge in [-0.15, -0.1) is 0 Å². The molecule has 0 unspecified atom stereocenters. The molecule has 0 fully saturated rings. The van der Waals surface area contributed by atoms with Gasteiger partial charge in [0.05, 0.1) is 19.4 Å². The van der Waals surface area contributed by atoms with E-state index in [0.29, 0.717) is 12.4 Å². The van der Waals surface area contributed by atoms with Gasteiger partial charge in [0.15, 0.2) is 0 Å². The Bertz CT molecular complexity index is 505. The van der Waals surface area contributed by atoms with Crippen molar-refractivity contribution in [2.75, 3.05) is 7.11 Å². The van der Waals surface area contributed by atoms with Crippen molar-refractivity contribution in [3.63, 3.8) is 0 Å². The zero-order chi connectivity index (χ0) is 16.8. The molecule has 0 aliphatic rings. The number of hydrogen-bond donors (Lipinski definition) is 0. The molecule has 0 atom stereocenters. The fourth-order valence-corrected chi connectivity index (χ4v) is 3.26. The minimum absolute atomic E-state index is 0.503. The van der Waals surface area contributed by atoms with Crippen molar-refractivity contribution in [1.29, 1.82) is 0 Å². The SMILES string of the molecule is CO/C(=C/C(=C\Cc1ccco1)O[Si](C)(C)C)O[Si](C)(C)C. The molecule has 22 heavy (non-hydrogen) atoms. The highest BCUT2D eigenvalue weighted by Crippen LogP contribution is 2.18. The third kappa shape index (κ3) is 8.14. The second-order valence-corrected chi connectivity index (χ2v) is 15.8. The monoisotopic (exact) mass is 340 g/mol. The van der Waals surface area contributed by atoms with Crippen molar-refractivity contribution in [2.24, 2.45) is 0 Å².